The molecule has 0 spiro atoms. The van der Waals surface area contributed by atoms with Crippen LogP contribution < -0.4 is 4.74 Å². The Morgan fingerprint density at radius 2 is 1.83 bits per heavy atom. The Morgan fingerprint density at radius 1 is 1.09 bits per heavy atom. The number of rotatable bonds is 5. The van der Waals surface area contributed by atoms with Gasteiger partial charge in [-0.1, -0.05) is 36.0 Å². The normalized spacial score (nSPS) is 12.1. The van der Waals surface area contributed by atoms with E-state index in [2.05, 4.69) is 10.2 Å². The van der Waals surface area contributed by atoms with E-state index >= 15 is 0 Å². The van der Waals surface area contributed by atoms with Crippen LogP contribution in [0, 0.1) is 5.82 Å². The van der Waals surface area contributed by atoms with Crippen LogP contribution in [0.4, 0.5) is 4.39 Å². The van der Waals surface area contributed by atoms with Gasteiger partial charge in [0.2, 0.25) is 0 Å². The first-order valence-corrected chi connectivity index (χ1v) is 7.94. The average Bonchev–Trinajstić information content (AvgIpc) is 3.03. The second-order valence-corrected chi connectivity index (χ2v) is 6.18. The van der Waals surface area contributed by atoms with Crippen LogP contribution in [-0.2, 0) is 0 Å². The van der Waals surface area contributed by atoms with Gasteiger partial charge in [0.05, 0.1) is 12.7 Å². The molecule has 0 radical (unpaired) electrons. The van der Waals surface area contributed by atoms with Crippen molar-refractivity contribution < 1.29 is 13.5 Å². The van der Waals surface area contributed by atoms with Gasteiger partial charge in [-0.2, -0.15) is 0 Å². The van der Waals surface area contributed by atoms with Crippen LogP contribution in [0.15, 0.2) is 58.2 Å². The minimum Gasteiger partial charge on any atom is -0.496 e. The van der Waals surface area contributed by atoms with Crippen molar-refractivity contribution in [1.82, 2.24) is 10.2 Å². The maximum atomic E-state index is 13.0. The minimum atomic E-state index is -0.248. The van der Waals surface area contributed by atoms with Crippen LogP contribution in [0.3, 0.4) is 0 Å². The van der Waals surface area contributed by atoms with Gasteiger partial charge < -0.3 is 9.15 Å². The van der Waals surface area contributed by atoms with Gasteiger partial charge in [0.25, 0.3) is 11.1 Å². The minimum absolute atomic E-state index is 0.0709. The number of aromatic nitrogens is 2. The van der Waals surface area contributed by atoms with Gasteiger partial charge in [-0.3, -0.25) is 0 Å². The van der Waals surface area contributed by atoms with E-state index in [0.717, 1.165) is 11.1 Å². The highest BCUT2D eigenvalue weighted by Crippen LogP contribution is 2.36. The maximum Gasteiger partial charge on any atom is 0.277 e. The molecule has 3 rings (SSSR count). The van der Waals surface area contributed by atoms with Crippen molar-refractivity contribution in [3.8, 4) is 17.2 Å². The second-order valence-electron chi connectivity index (χ2n) is 4.89. The predicted octanol–water partition coefficient (Wildman–Crippen LogP) is 4.74. The number of para-hydroxylation sites is 1. The maximum absolute atomic E-state index is 13.0. The van der Waals surface area contributed by atoms with E-state index in [9.17, 15) is 4.39 Å². The Morgan fingerprint density at radius 3 is 2.57 bits per heavy atom. The molecule has 0 saturated carbocycles. The van der Waals surface area contributed by atoms with E-state index < -0.39 is 0 Å². The van der Waals surface area contributed by atoms with E-state index in [0.29, 0.717) is 16.9 Å². The predicted molar refractivity (Wildman–Crippen MR) is 87.0 cm³/mol. The zero-order valence-electron chi connectivity index (χ0n) is 12.7. The standard InChI is InChI=1S/C17H15FN2O2S/c1-11(12-7-9-13(18)10-8-12)23-17-20-19-16(22-17)14-5-3-4-6-15(14)21-2/h3-11H,1-2H3. The fourth-order valence-electron chi connectivity index (χ4n) is 2.14. The van der Waals surface area contributed by atoms with Crippen LogP contribution in [0.2, 0.25) is 0 Å². The molecular formula is C17H15FN2O2S. The summed E-state index contributed by atoms with van der Waals surface area (Å²) in [4.78, 5) is 0. The van der Waals surface area contributed by atoms with Gasteiger partial charge >= 0.3 is 0 Å². The Balaban J connectivity index is 1.78. The molecule has 0 aliphatic heterocycles. The van der Waals surface area contributed by atoms with E-state index in [1.165, 1.54) is 23.9 Å². The highest BCUT2D eigenvalue weighted by atomic mass is 32.2. The van der Waals surface area contributed by atoms with Gasteiger partial charge in [-0.15, -0.1) is 10.2 Å². The third kappa shape index (κ3) is 3.53. The number of nitrogens with zero attached hydrogens (tertiary/aromatic N) is 2. The first kappa shape index (κ1) is 15.6. The Kier molecular flexibility index (Phi) is 4.62. The molecule has 1 aromatic heterocycles. The Labute approximate surface area is 137 Å². The van der Waals surface area contributed by atoms with Crippen LogP contribution >= 0.6 is 11.8 Å². The average molecular weight is 330 g/mol. The summed E-state index contributed by atoms with van der Waals surface area (Å²) in [7, 11) is 1.60. The first-order chi connectivity index (χ1) is 11.2. The lowest BCUT2D eigenvalue weighted by atomic mass is 10.2. The van der Waals surface area contributed by atoms with Crippen LogP contribution in [0.1, 0.15) is 17.7 Å². The fraction of sp³-hybridized carbons (Fsp3) is 0.176. The molecule has 1 unspecified atom stereocenters. The molecule has 0 aliphatic rings. The van der Waals surface area contributed by atoms with E-state index in [-0.39, 0.29) is 11.1 Å². The lowest BCUT2D eigenvalue weighted by Gasteiger charge is -2.08. The monoisotopic (exact) mass is 330 g/mol. The third-order valence-corrected chi connectivity index (χ3v) is 4.35. The highest BCUT2D eigenvalue weighted by Gasteiger charge is 2.16. The lowest BCUT2D eigenvalue weighted by molar-refractivity contribution is 0.411. The third-order valence-electron chi connectivity index (χ3n) is 3.36. The van der Waals surface area contributed by atoms with Gasteiger partial charge in [0.1, 0.15) is 11.6 Å². The van der Waals surface area contributed by atoms with Gasteiger partial charge in [-0.05, 0) is 36.8 Å². The summed E-state index contributed by atoms with van der Waals surface area (Å²) in [5.41, 5.74) is 1.75. The second kappa shape index (κ2) is 6.83. The zero-order chi connectivity index (χ0) is 16.2. The Hall–Kier alpha value is -2.34. The van der Waals surface area contributed by atoms with Crippen molar-refractivity contribution >= 4 is 11.8 Å². The zero-order valence-corrected chi connectivity index (χ0v) is 13.5. The van der Waals surface area contributed by atoms with Crippen molar-refractivity contribution in [1.29, 1.82) is 0 Å². The number of halogens is 1. The van der Waals surface area contributed by atoms with Gasteiger partial charge in [0.15, 0.2) is 0 Å². The number of hydrogen-bond acceptors (Lipinski definition) is 5. The quantitative estimate of drug-likeness (QED) is 0.633. The summed E-state index contributed by atoms with van der Waals surface area (Å²) in [6.45, 7) is 2.00. The molecule has 1 heterocycles. The Bertz CT molecular complexity index is 789. The molecule has 118 valence electrons. The van der Waals surface area contributed by atoms with Gasteiger partial charge in [-0.25, -0.2) is 4.39 Å². The number of benzene rings is 2. The summed E-state index contributed by atoms with van der Waals surface area (Å²) in [6, 6.07) is 13.9. The molecule has 1 atom stereocenters. The number of hydrogen-bond donors (Lipinski definition) is 0. The largest absolute Gasteiger partial charge is 0.496 e. The molecule has 0 N–H and O–H groups in total. The fourth-order valence-corrected chi connectivity index (χ4v) is 2.95. The summed E-state index contributed by atoms with van der Waals surface area (Å²) in [5, 5.41) is 8.68. The molecule has 3 aromatic rings. The molecule has 0 amide bonds. The van der Waals surface area contributed by atoms with Crippen molar-refractivity contribution in [2.75, 3.05) is 7.11 Å². The van der Waals surface area contributed by atoms with Crippen LogP contribution in [0.5, 0.6) is 5.75 Å². The molecule has 23 heavy (non-hydrogen) atoms. The molecule has 6 heteroatoms. The molecule has 0 aliphatic carbocycles. The van der Waals surface area contributed by atoms with Crippen molar-refractivity contribution in [3.05, 3.63) is 59.9 Å². The smallest absolute Gasteiger partial charge is 0.277 e. The van der Waals surface area contributed by atoms with E-state index in [4.69, 9.17) is 9.15 Å². The summed E-state index contributed by atoms with van der Waals surface area (Å²) in [6.07, 6.45) is 0. The van der Waals surface area contributed by atoms with Crippen LogP contribution in [-0.4, -0.2) is 17.3 Å². The number of thioether (sulfide) groups is 1. The molecular weight excluding hydrogens is 315 g/mol. The van der Waals surface area contributed by atoms with E-state index in [1.54, 1.807) is 19.2 Å². The SMILES string of the molecule is COc1ccccc1-c1nnc(SC(C)c2ccc(F)cc2)o1. The molecule has 0 saturated heterocycles. The topological polar surface area (TPSA) is 48.2 Å². The van der Waals surface area contributed by atoms with Crippen molar-refractivity contribution in [2.45, 2.75) is 17.4 Å². The molecule has 0 bridgehead atoms. The summed E-state index contributed by atoms with van der Waals surface area (Å²) >= 11 is 1.43. The first-order valence-electron chi connectivity index (χ1n) is 7.06. The van der Waals surface area contributed by atoms with Crippen molar-refractivity contribution in [2.24, 2.45) is 0 Å². The van der Waals surface area contributed by atoms with Crippen LogP contribution in [0.25, 0.3) is 11.5 Å². The summed E-state index contributed by atoms with van der Waals surface area (Å²) < 4.78 is 24.0. The van der Waals surface area contributed by atoms with E-state index in [1.807, 2.05) is 31.2 Å². The molecule has 2 aromatic carbocycles. The number of ether oxygens (including phenoxy) is 1. The van der Waals surface area contributed by atoms with Gasteiger partial charge in [0, 0.05) is 5.25 Å². The highest BCUT2D eigenvalue weighted by molar-refractivity contribution is 7.99. The number of methoxy groups -OCH3 is 1. The molecule has 0 fully saturated rings. The lowest BCUT2D eigenvalue weighted by Crippen LogP contribution is -1.88. The molecule has 4 nitrogen and oxygen atoms in total. The summed E-state index contributed by atoms with van der Waals surface area (Å²) in [5.74, 6) is 0.845. The van der Waals surface area contributed by atoms with Crippen molar-refractivity contribution in [3.63, 3.8) is 0 Å².